The van der Waals surface area contributed by atoms with Crippen molar-refractivity contribution in [2.24, 2.45) is 10.7 Å². The van der Waals surface area contributed by atoms with Gasteiger partial charge in [-0.15, -0.1) is 0 Å². The van der Waals surface area contributed by atoms with Crippen molar-refractivity contribution in [2.45, 2.75) is 32.9 Å². The van der Waals surface area contributed by atoms with E-state index < -0.39 is 5.82 Å². The molecule has 96 valence electrons. The minimum absolute atomic E-state index is 0.160. The molecule has 0 spiro atoms. The van der Waals surface area contributed by atoms with Gasteiger partial charge in [-0.1, -0.05) is 13.0 Å². The minimum Gasteiger partial charge on any atom is -0.370 e. The van der Waals surface area contributed by atoms with E-state index in [-0.39, 0.29) is 12.6 Å². The van der Waals surface area contributed by atoms with Gasteiger partial charge in [-0.05, 0) is 25.5 Å². The predicted octanol–water partition coefficient (Wildman–Crippen LogP) is 1.90. The van der Waals surface area contributed by atoms with Crippen LogP contribution in [-0.4, -0.2) is 12.0 Å². The number of halogens is 1. The predicted molar refractivity (Wildman–Crippen MR) is 69.3 cm³/mol. The van der Waals surface area contributed by atoms with Gasteiger partial charge in [0.2, 0.25) is 0 Å². The van der Waals surface area contributed by atoms with Crippen LogP contribution in [0.5, 0.6) is 0 Å². The number of nitrogens with one attached hydrogen (secondary N) is 1. The Morgan fingerprint density at radius 3 is 2.89 bits per heavy atom. The second-order valence-electron chi connectivity index (χ2n) is 4.07. The molecular weight excluding hydrogens is 231 g/mol. The lowest BCUT2D eigenvalue weighted by Crippen LogP contribution is -2.38. The summed E-state index contributed by atoms with van der Waals surface area (Å²) in [5.74, 6) is -0.137. The summed E-state index contributed by atoms with van der Waals surface area (Å²) in [6, 6.07) is 6.43. The van der Waals surface area contributed by atoms with Gasteiger partial charge in [0, 0.05) is 11.6 Å². The van der Waals surface area contributed by atoms with Gasteiger partial charge in [0.1, 0.15) is 5.82 Å². The fourth-order valence-corrected chi connectivity index (χ4v) is 1.32. The molecule has 0 bridgehead atoms. The van der Waals surface area contributed by atoms with E-state index in [2.05, 4.69) is 10.3 Å². The van der Waals surface area contributed by atoms with E-state index in [1.807, 2.05) is 19.9 Å². The second kappa shape index (κ2) is 6.60. The SMILES string of the molecule is CCC(C)NC(N)=NCc1ccc(C#N)cc1F. The molecule has 18 heavy (non-hydrogen) atoms. The van der Waals surface area contributed by atoms with Crippen LogP contribution in [0.4, 0.5) is 4.39 Å². The van der Waals surface area contributed by atoms with Crippen LogP contribution in [-0.2, 0) is 6.54 Å². The highest BCUT2D eigenvalue weighted by Crippen LogP contribution is 2.10. The second-order valence-corrected chi connectivity index (χ2v) is 4.07. The third kappa shape index (κ3) is 4.06. The van der Waals surface area contributed by atoms with Crippen molar-refractivity contribution in [3.05, 3.63) is 35.1 Å². The Morgan fingerprint density at radius 1 is 1.61 bits per heavy atom. The highest BCUT2D eigenvalue weighted by molar-refractivity contribution is 5.78. The van der Waals surface area contributed by atoms with Crippen LogP contribution in [0.2, 0.25) is 0 Å². The van der Waals surface area contributed by atoms with E-state index in [4.69, 9.17) is 11.0 Å². The standard InChI is InChI=1S/C13H17FN4/c1-3-9(2)18-13(16)17-8-11-5-4-10(7-15)6-12(11)14/h4-6,9H,3,8H2,1-2H3,(H3,16,17,18). The Bertz CT molecular complexity index is 476. The molecule has 1 unspecified atom stereocenters. The van der Waals surface area contributed by atoms with Crippen molar-refractivity contribution >= 4 is 5.96 Å². The molecule has 5 heteroatoms. The van der Waals surface area contributed by atoms with Gasteiger partial charge in [0.15, 0.2) is 5.96 Å². The summed E-state index contributed by atoms with van der Waals surface area (Å²) in [5, 5.41) is 11.6. The largest absolute Gasteiger partial charge is 0.370 e. The van der Waals surface area contributed by atoms with E-state index in [1.165, 1.54) is 6.07 Å². The Kier molecular flexibility index (Phi) is 5.12. The average Bonchev–Trinajstić information content (AvgIpc) is 2.36. The maximum absolute atomic E-state index is 13.5. The molecule has 0 aliphatic carbocycles. The van der Waals surface area contributed by atoms with E-state index >= 15 is 0 Å². The quantitative estimate of drug-likeness (QED) is 0.631. The summed E-state index contributed by atoms with van der Waals surface area (Å²) in [6.45, 7) is 4.18. The van der Waals surface area contributed by atoms with Crippen LogP contribution in [0.25, 0.3) is 0 Å². The lowest BCUT2D eigenvalue weighted by molar-refractivity contribution is 0.608. The van der Waals surface area contributed by atoms with Gasteiger partial charge >= 0.3 is 0 Å². The van der Waals surface area contributed by atoms with E-state index in [1.54, 1.807) is 12.1 Å². The fraction of sp³-hybridized carbons (Fsp3) is 0.385. The topological polar surface area (TPSA) is 74.2 Å². The lowest BCUT2D eigenvalue weighted by Gasteiger charge is -2.11. The molecule has 3 N–H and O–H groups in total. The molecule has 0 fully saturated rings. The van der Waals surface area contributed by atoms with Crippen molar-refractivity contribution in [3.63, 3.8) is 0 Å². The lowest BCUT2D eigenvalue weighted by atomic mass is 10.1. The molecule has 0 aliphatic rings. The number of rotatable bonds is 4. The first-order valence-electron chi connectivity index (χ1n) is 5.81. The van der Waals surface area contributed by atoms with E-state index in [0.29, 0.717) is 17.1 Å². The highest BCUT2D eigenvalue weighted by atomic mass is 19.1. The van der Waals surface area contributed by atoms with Crippen LogP contribution < -0.4 is 11.1 Å². The average molecular weight is 248 g/mol. The van der Waals surface area contributed by atoms with Gasteiger partial charge in [0.25, 0.3) is 0 Å². The van der Waals surface area contributed by atoms with Gasteiger partial charge < -0.3 is 11.1 Å². The number of benzene rings is 1. The summed E-state index contributed by atoms with van der Waals surface area (Å²) >= 11 is 0. The molecule has 0 amide bonds. The fourth-order valence-electron chi connectivity index (χ4n) is 1.32. The summed E-state index contributed by atoms with van der Waals surface area (Å²) in [5.41, 5.74) is 6.38. The van der Waals surface area contributed by atoms with Crippen LogP contribution in [0, 0.1) is 17.1 Å². The first-order valence-corrected chi connectivity index (χ1v) is 5.81. The number of nitrogens with zero attached hydrogens (tertiary/aromatic N) is 2. The molecule has 1 aromatic rings. The maximum Gasteiger partial charge on any atom is 0.189 e. The summed E-state index contributed by atoms with van der Waals surface area (Å²) < 4.78 is 13.5. The Balaban J connectivity index is 2.68. The molecule has 0 heterocycles. The number of guanidine groups is 1. The molecule has 4 nitrogen and oxygen atoms in total. The zero-order chi connectivity index (χ0) is 13.5. The first kappa shape index (κ1) is 14.0. The van der Waals surface area contributed by atoms with Gasteiger partial charge in [0.05, 0.1) is 18.2 Å². The number of hydrogen-bond donors (Lipinski definition) is 2. The van der Waals surface area contributed by atoms with Crippen molar-refractivity contribution in [2.75, 3.05) is 0 Å². The van der Waals surface area contributed by atoms with Crippen LogP contribution >= 0.6 is 0 Å². The number of nitriles is 1. The monoisotopic (exact) mass is 248 g/mol. The smallest absolute Gasteiger partial charge is 0.189 e. The molecule has 0 saturated carbocycles. The zero-order valence-corrected chi connectivity index (χ0v) is 10.6. The van der Waals surface area contributed by atoms with Gasteiger partial charge in [-0.3, -0.25) is 0 Å². The Labute approximate surface area is 106 Å². The molecular formula is C13H17FN4. The minimum atomic E-state index is -0.436. The highest BCUT2D eigenvalue weighted by Gasteiger charge is 2.04. The number of hydrogen-bond acceptors (Lipinski definition) is 2. The summed E-state index contributed by atoms with van der Waals surface area (Å²) in [4.78, 5) is 4.06. The molecule has 0 aliphatic heterocycles. The third-order valence-corrected chi connectivity index (χ3v) is 2.61. The van der Waals surface area contributed by atoms with E-state index in [9.17, 15) is 4.39 Å². The normalized spacial score (nSPS) is 12.9. The molecule has 1 aromatic carbocycles. The third-order valence-electron chi connectivity index (χ3n) is 2.61. The maximum atomic E-state index is 13.5. The van der Waals surface area contributed by atoms with Crippen molar-refractivity contribution in [3.8, 4) is 6.07 Å². The zero-order valence-electron chi connectivity index (χ0n) is 10.6. The Hall–Kier alpha value is -2.09. The first-order chi connectivity index (χ1) is 8.56. The van der Waals surface area contributed by atoms with Crippen molar-refractivity contribution in [1.82, 2.24) is 5.32 Å². The molecule has 1 atom stereocenters. The van der Waals surface area contributed by atoms with Crippen LogP contribution in [0.1, 0.15) is 31.4 Å². The number of aliphatic imine (C=N–C) groups is 1. The van der Waals surface area contributed by atoms with Gasteiger partial charge in [-0.25, -0.2) is 9.38 Å². The molecule has 0 radical (unpaired) electrons. The summed E-state index contributed by atoms with van der Waals surface area (Å²) in [7, 11) is 0. The van der Waals surface area contributed by atoms with Crippen LogP contribution in [0.3, 0.4) is 0 Å². The van der Waals surface area contributed by atoms with Gasteiger partial charge in [-0.2, -0.15) is 5.26 Å². The summed E-state index contributed by atoms with van der Waals surface area (Å²) in [6.07, 6.45) is 0.932. The van der Waals surface area contributed by atoms with Crippen LogP contribution in [0.15, 0.2) is 23.2 Å². The van der Waals surface area contributed by atoms with Crippen molar-refractivity contribution in [1.29, 1.82) is 5.26 Å². The number of nitrogens with two attached hydrogens (primary N) is 1. The molecule has 0 saturated heterocycles. The van der Waals surface area contributed by atoms with E-state index in [0.717, 1.165) is 6.42 Å². The molecule has 1 rings (SSSR count). The Morgan fingerprint density at radius 2 is 2.33 bits per heavy atom. The van der Waals surface area contributed by atoms with Crippen molar-refractivity contribution < 1.29 is 4.39 Å². The molecule has 0 aromatic heterocycles.